The Morgan fingerprint density at radius 2 is 1.58 bits per heavy atom. The van der Waals surface area contributed by atoms with Gasteiger partial charge in [0.15, 0.2) is 0 Å². The van der Waals surface area contributed by atoms with E-state index in [0.717, 1.165) is 12.0 Å². The SMILES string of the molecule is C/C(=C\C(C)(C)C(=O)NC1CC(C)(C)N(O)C(C)(C)C1)[C@@H](CC(C)C)NC(=O)OC(C)(C)C. The Morgan fingerprint density at radius 3 is 2.00 bits per heavy atom. The highest BCUT2D eigenvalue weighted by Crippen LogP contribution is 2.37. The van der Waals surface area contributed by atoms with Gasteiger partial charge in [0.2, 0.25) is 5.91 Å². The zero-order valence-electron chi connectivity index (χ0n) is 23.0. The van der Waals surface area contributed by atoms with Crippen molar-refractivity contribution < 1.29 is 19.5 Å². The maximum atomic E-state index is 13.3. The van der Waals surface area contributed by atoms with Crippen molar-refractivity contribution in [3.05, 3.63) is 11.6 Å². The Hall–Kier alpha value is -1.60. The lowest BCUT2D eigenvalue weighted by molar-refractivity contribution is -0.246. The van der Waals surface area contributed by atoms with E-state index in [2.05, 4.69) is 24.5 Å². The van der Waals surface area contributed by atoms with Crippen molar-refractivity contribution in [2.45, 2.75) is 131 Å². The molecule has 0 aromatic heterocycles. The summed E-state index contributed by atoms with van der Waals surface area (Å²) in [6, 6.07) is -0.257. The van der Waals surface area contributed by atoms with E-state index in [1.807, 2.05) is 75.3 Å². The first-order valence-corrected chi connectivity index (χ1v) is 12.2. The van der Waals surface area contributed by atoms with E-state index in [0.29, 0.717) is 18.8 Å². The smallest absolute Gasteiger partial charge is 0.408 e. The normalized spacial score (nSPS) is 21.0. The minimum atomic E-state index is -0.764. The maximum absolute atomic E-state index is 13.3. The fourth-order valence-corrected chi connectivity index (χ4v) is 4.76. The Bertz CT molecular complexity index is 714. The zero-order valence-corrected chi connectivity index (χ0v) is 23.0. The van der Waals surface area contributed by atoms with Crippen molar-refractivity contribution in [3.63, 3.8) is 0 Å². The molecular weight excluding hydrogens is 418 g/mol. The molecule has 1 atom stereocenters. The van der Waals surface area contributed by atoms with Gasteiger partial charge in [0.25, 0.3) is 0 Å². The maximum Gasteiger partial charge on any atom is 0.408 e. The molecule has 0 aliphatic carbocycles. The minimum absolute atomic E-state index is 0.0368. The molecule has 0 unspecified atom stereocenters. The first kappa shape index (κ1) is 29.4. The van der Waals surface area contributed by atoms with Gasteiger partial charge in [-0.1, -0.05) is 25.5 Å². The number of amides is 2. The van der Waals surface area contributed by atoms with Crippen LogP contribution in [0.25, 0.3) is 0 Å². The number of nitrogens with zero attached hydrogens (tertiary/aromatic N) is 1. The predicted octanol–water partition coefficient (Wildman–Crippen LogP) is 5.43. The Morgan fingerprint density at radius 1 is 1.09 bits per heavy atom. The van der Waals surface area contributed by atoms with Crippen LogP contribution in [0.4, 0.5) is 4.79 Å². The molecule has 2 amide bonds. The predicted molar refractivity (Wildman–Crippen MR) is 133 cm³/mol. The van der Waals surface area contributed by atoms with Crippen molar-refractivity contribution in [1.29, 1.82) is 0 Å². The first-order chi connectivity index (χ1) is 14.7. The molecule has 192 valence electrons. The molecule has 3 N–H and O–H groups in total. The highest BCUT2D eigenvalue weighted by atomic mass is 16.6. The van der Waals surface area contributed by atoms with Gasteiger partial charge in [-0.2, -0.15) is 5.06 Å². The number of carbonyl (C=O) groups excluding carboxylic acids is 2. The van der Waals surface area contributed by atoms with Gasteiger partial charge in [0.05, 0.1) is 11.5 Å². The van der Waals surface area contributed by atoms with Crippen LogP contribution in [0.1, 0.15) is 102 Å². The van der Waals surface area contributed by atoms with Gasteiger partial charge in [0, 0.05) is 17.1 Å². The van der Waals surface area contributed by atoms with E-state index < -0.39 is 28.2 Å². The molecule has 7 nitrogen and oxygen atoms in total. The van der Waals surface area contributed by atoms with Crippen molar-refractivity contribution in [2.24, 2.45) is 11.3 Å². The topological polar surface area (TPSA) is 90.9 Å². The van der Waals surface area contributed by atoms with Crippen LogP contribution in [0.2, 0.25) is 0 Å². The van der Waals surface area contributed by atoms with Gasteiger partial charge in [-0.3, -0.25) is 4.79 Å². The third-order valence-corrected chi connectivity index (χ3v) is 6.10. The molecule has 0 aromatic carbocycles. The number of carbonyl (C=O) groups is 2. The molecule has 1 fully saturated rings. The Kier molecular flexibility index (Phi) is 9.23. The molecule has 0 spiro atoms. The van der Waals surface area contributed by atoms with Crippen molar-refractivity contribution in [2.75, 3.05) is 0 Å². The average Bonchev–Trinajstić information content (AvgIpc) is 2.55. The molecule has 0 bridgehead atoms. The fraction of sp³-hybridized carbons (Fsp3) is 0.846. The molecular formula is C26H49N3O4. The van der Waals surface area contributed by atoms with Crippen LogP contribution in [-0.4, -0.2) is 51.0 Å². The standard InChI is InChI=1S/C26H49N3O4/c1-17(2)13-20(28-22(31)33-23(4,5)6)18(3)14-24(7,8)21(30)27-19-15-25(9,10)29(32)26(11,12)16-19/h14,17,19-20,32H,13,15-16H2,1-12H3,(H,27,30)(H,28,31)/b18-14+/t20-/m1/s1. The summed E-state index contributed by atoms with van der Waals surface area (Å²) in [4.78, 5) is 25.7. The lowest BCUT2D eigenvalue weighted by atomic mass is 9.78. The van der Waals surface area contributed by atoms with E-state index in [1.54, 1.807) is 0 Å². The van der Waals surface area contributed by atoms with Gasteiger partial charge in [-0.25, -0.2) is 4.79 Å². The monoisotopic (exact) mass is 467 g/mol. The highest BCUT2D eigenvalue weighted by molar-refractivity contribution is 5.84. The summed E-state index contributed by atoms with van der Waals surface area (Å²) >= 11 is 0. The summed E-state index contributed by atoms with van der Waals surface area (Å²) in [6.07, 6.45) is 3.56. The second-order valence-electron chi connectivity index (χ2n) is 13.0. The van der Waals surface area contributed by atoms with Gasteiger partial charge in [-0.15, -0.1) is 0 Å². The summed E-state index contributed by atoms with van der Waals surface area (Å²) in [5, 5.41) is 18.1. The molecule has 7 heteroatoms. The number of piperidine rings is 1. The quantitative estimate of drug-likeness (QED) is 0.435. The third kappa shape index (κ3) is 8.93. The van der Waals surface area contributed by atoms with Crippen molar-refractivity contribution >= 4 is 12.0 Å². The van der Waals surface area contributed by atoms with Gasteiger partial charge >= 0.3 is 6.09 Å². The second-order valence-corrected chi connectivity index (χ2v) is 13.0. The van der Waals surface area contributed by atoms with E-state index in [9.17, 15) is 14.8 Å². The second kappa shape index (κ2) is 10.3. The first-order valence-electron chi connectivity index (χ1n) is 12.2. The van der Waals surface area contributed by atoms with Crippen molar-refractivity contribution in [1.82, 2.24) is 15.7 Å². The zero-order chi connectivity index (χ0) is 26.0. The summed E-state index contributed by atoms with van der Waals surface area (Å²) in [5.41, 5.74) is -1.28. The molecule has 0 aromatic rings. The highest BCUT2D eigenvalue weighted by Gasteiger charge is 2.46. The molecule has 33 heavy (non-hydrogen) atoms. The Labute approximate surface area is 201 Å². The van der Waals surface area contributed by atoms with Crippen LogP contribution in [0.5, 0.6) is 0 Å². The molecule has 0 saturated carbocycles. The number of alkyl carbamates (subject to hydrolysis) is 1. The minimum Gasteiger partial charge on any atom is -0.444 e. The number of hydrogen-bond acceptors (Lipinski definition) is 5. The number of rotatable bonds is 7. The molecule has 1 saturated heterocycles. The van der Waals surface area contributed by atoms with Crippen LogP contribution < -0.4 is 10.6 Å². The number of hydroxylamine groups is 2. The van der Waals surface area contributed by atoms with Gasteiger partial charge < -0.3 is 20.6 Å². The van der Waals surface area contributed by atoms with Gasteiger partial charge in [0.1, 0.15) is 5.60 Å². The molecule has 1 rings (SSSR count). The van der Waals surface area contributed by atoms with E-state index in [1.165, 1.54) is 5.06 Å². The average molecular weight is 468 g/mol. The fourth-order valence-electron chi connectivity index (χ4n) is 4.76. The van der Waals surface area contributed by atoms with Crippen LogP contribution in [0.3, 0.4) is 0 Å². The number of hydrogen-bond donors (Lipinski definition) is 3. The largest absolute Gasteiger partial charge is 0.444 e. The molecule has 1 aliphatic rings. The lowest BCUT2D eigenvalue weighted by Gasteiger charge is -2.51. The van der Waals surface area contributed by atoms with Crippen molar-refractivity contribution in [3.8, 4) is 0 Å². The summed E-state index contributed by atoms with van der Waals surface area (Å²) in [7, 11) is 0. The Balaban J connectivity index is 3.00. The van der Waals surface area contributed by atoms with Crippen LogP contribution >= 0.6 is 0 Å². The van der Waals surface area contributed by atoms with E-state index in [4.69, 9.17) is 4.74 Å². The number of ether oxygens (including phenoxy) is 1. The third-order valence-electron chi connectivity index (χ3n) is 6.10. The number of nitrogens with one attached hydrogen (secondary N) is 2. The molecule has 0 radical (unpaired) electrons. The lowest BCUT2D eigenvalue weighted by Crippen LogP contribution is -2.63. The molecule has 1 aliphatic heterocycles. The summed E-state index contributed by atoms with van der Waals surface area (Å²) in [5.74, 6) is 0.295. The van der Waals surface area contributed by atoms with Crippen LogP contribution in [0, 0.1) is 11.3 Å². The van der Waals surface area contributed by atoms with E-state index >= 15 is 0 Å². The van der Waals surface area contributed by atoms with Crippen LogP contribution in [0.15, 0.2) is 11.6 Å². The van der Waals surface area contributed by atoms with Crippen LogP contribution in [-0.2, 0) is 9.53 Å². The summed E-state index contributed by atoms with van der Waals surface area (Å²) in [6.45, 7) is 23.4. The van der Waals surface area contributed by atoms with E-state index in [-0.39, 0.29) is 18.0 Å². The van der Waals surface area contributed by atoms with Gasteiger partial charge in [-0.05, 0) is 94.4 Å². The summed E-state index contributed by atoms with van der Waals surface area (Å²) < 4.78 is 5.44. The molecule has 1 heterocycles.